The first-order chi connectivity index (χ1) is 11.7. The Morgan fingerprint density at radius 3 is 2.92 bits per heavy atom. The molecule has 0 aliphatic carbocycles. The molecule has 0 saturated carbocycles. The lowest BCUT2D eigenvalue weighted by Crippen LogP contribution is -2.64. The molecular weight excluding hydrogens is 308 g/mol. The Labute approximate surface area is 138 Å². The summed E-state index contributed by atoms with van der Waals surface area (Å²) in [5, 5.41) is 9.53. The van der Waals surface area contributed by atoms with E-state index in [0.717, 1.165) is 12.1 Å². The molecule has 4 rings (SSSR count). The number of H-pyrrole nitrogens is 1. The van der Waals surface area contributed by atoms with Gasteiger partial charge in [0, 0.05) is 38.3 Å². The van der Waals surface area contributed by atoms with E-state index in [1.165, 1.54) is 6.33 Å². The average molecular weight is 326 g/mol. The van der Waals surface area contributed by atoms with Crippen LogP contribution in [-0.2, 0) is 4.79 Å². The van der Waals surface area contributed by atoms with Crippen molar-refractivity contribution in [2.24, 2.45) is 0 Å². The molecule has 2 N–H and O–H groups in total. The molecule has 1 atom stereocenters. The van der Waals surface area contributed by atoms with Crippen LogP contribution in [0, 0.1) is 0 Å². The summed E-state index contributed by atoms with van der Waals surface area (Å²) in [6, 6.07) is 7.07. The standard InChI is InChI=1S/C16H18N6O2/c23-15-13-9-22(8-7-21(13)6-5-17-15)16(24)12-4-2-1-3-11(12)14-18-10-19-20-14/h1-4,10,13H,5-9H2,(H,17,23)(H,18,19,20)/t13-/m0/s1. The summed E-state index contributed by atoms with van der Waals surface area (Å²) in [5.74, 6) is 0.482. The number of hydrogen-bond acceptors (Lipinski definition) is 5. The normalized spacial score (nSPS) is 21.2. The summed E-state index contributed by atoms with van der Waals surface area (Å²) >= 11 is 0. The smallest absolute Gasteiger partial charge is 0.254 e. The number of piperazine rings is 2. The van der Waals surface area contributed by atoms with Crippen LogP contribution in [0.15, 0.2) is 30.6 Å². The van der Waals surface area contributed by atoms with Crippen LogP contribution in [0.1, 0.15) is 10.4 Å². The minimum Gasteiger partial charge on any atom is -0.353 e. The Balaban J connectivity index is 1.60. The van der Waals surface area contributed by atoms with Gasteiger partial charge in [-0.25, -0.2) is 4.98 Å². The Bertz CT molecular complexity index is 760. The summed E-state index contributed by atoms with van der Waals surface area (Å²) in [6.07, 6.45) is 1.42. The van der Waals surface area contributed by atoms with Gasteiger partial charge >= 0.3 is 0 Å². The number of aromatic nitrogens is 3. The number of amides is 2. The molecular formula is C16H18N6O2. The van der Waals surface area contributed by atoms with Crippen molar-refractivity contribution in [2.75, 3.05) is 32.7 Å². The second kappa shape index (κ2) is 6.04. The number of carbonyl (C=O) groups is 2. The first kappa shape index (κ1) is 14.8. The van der Waals surface area contributed by atoms with E-state index in [0.29, 0.717) is 37.6 Å². The van der Waals surface area contributed by atoms with Crippen molar-refractivity contribution in [3.05, 3.63) is 36.2 Å². The molecule has 2 aliphatic rings. The highest BCUT2D eigenvalue weighted by Crippen LogP contribution is 2.22. The van der Waals surface area contributed by atoms with Gasteiger partial charge < -0.3 is 10.2 Å². The Morgan fingerprint density at radius 2 is 2.08 bits per heavy atom. The first-order valence-electron chi connectivity index (χ1n) is 8.00. The van der Waals surface area contributed by atoms with Gasteiger partial charge in [-0.15, -0.1) is 0 Å². The van der Waals surface area contributed by atoms with E-state index in [-0.39, 0.29) is 17.9 Å². The van der Waals surface area contributed by atoms with Gasteiger partial charge in [-0.3, -0.25) is 19.6 Å². The van der Waals surface area contributed by atoms with E-state index < -0.39 is 0 Å². The zero-order valence-electron chi connectivity index (χ0n) is 13.1. The number of aromatic amines is 1. The van der Waals surface area contributed by atoms with Crippen molar-refractivity contribution in [3.63, 3.8) is 0 Å². The first-order valence-corrected chi connectivity index (χ1v) is 8.00. The molecule has 0 radical (unpaired) electrons. The molecule has 24 heavy (non-hydrogen) atoms. The maximum absolute atomic E-state index is 13.0. The van der Waals surface area contributed by atoms with Crippen molar-refractivity contribution in [2.45, 2.75) is 6.04 Å². The van der Waals surface area contributed by atoms with E-state index in [1.54, 1.807) is 11.0 Å². The summed E-state index contributed by atoms with van der Waals surface area (Å²) in [7, 11) is 0. The van der Waals surface area contributed by atoms with Crippen LogP contribution in [0.4, 0.5) is 0 Å². The minimum atomic E-state index is -0.256. The number of benzene rings is 1. The molecule has 0 unspecified atom stereocenters. The van der Waals surface area contributed by atoms with Crippen LogP contribution >= 0.6 is 0 Å². The van der Waals surface area contributed by atoms with E-state index in [9.17, 15) is 9.59 Å². The molecule has 124 valence electrons. The SMILES string of the molecule is O=C1NCCN2CCN(C(=O)c3ccccc3-c3ncn[nH]3)C[C@@H]12. The highest BCUT2D eigenvalue weighted by Gasteiger charge is 2.36. The van der Waals surface area contributed by atoms with Gasteiger partial charge in [0.15, 0.2) is 5.82 Å². The van der Waals surface area contributed by atoms with Gasteiger partial charge in [0.1, 0.15) is 12.4 Å². The highest BCUT2D eigenvalue weighted by atomic mass is 16.2. The van der Waals surface area contributed by atoms with Crippen LogP contribution in [0.3, 0.4) is 0 Å². The van der Waals surface area contributed by atoms with Crippen LogP contribution < -0.4 is 5.32 Å². The summed E-state index contributed by atoms with van der Waals surface area (Å²) in [4.78, 5) is 33.1. The van der Waals surface area contributed by atoms with E-state index >= 15 is 0 Å². The quantitative estimate of drug-likeness (QED) is 0.792. The van der Waals surface area contributed by atoms with Gasteiger partial charge in [0.2, 0.25) is 5.91 Å². The fraction of sp³-hybridized carbons (Fsp3) is 0.375. The van der Waals surface area contributed by atoms with E-state index in [1.807, 2.05) is 18.2 Å². The van der Waals surface area contributed by atoms with Crippen molar-refractivity contribution in [1.82, 2.24) is 30.3 Å². The molecule has 0 spiro atoms. The van der Waals surface area contributed by atoms with Crippen molar-refractivity contribution in [3.8, 4) is 11.4 Å². The number of fused-ring (bicyclic) bond motifs is 1. The molecule has 8 heteroatoms. The third-order valence-corrected chi connectivity index (χ3v) is 4.61. The molecule has 8 nitrogen and oxygen atoms in total. The zero-order valence-corrected chi connectivity index (χ0v) is 13.1. The van der Waals surface area contributed by atoms with Gasteiger partial charge in [0.25, 0.3) is 5.91 Å². The van der Waals surface area contributed by atoms with Crippen LogP contribution in [0.2, 0.25) is 0 Å². The zero-order chi connectivity index (χ0) is 16.5. The average Bonchev–Trinajstić information content (AvgIpc) is 3.16. The molecule has 2 saturated heterocycles. The van der Waals surface area contributed by atoms with E-state index in [2.05, 4.69) is 25.4 Å². The van der Waals surface area contributed by atoms with Crippen molar-refractivity contribution >= 4 is 11.8 Å². The van der Waals surface area contributed by atoms with E-state index in [4.69, 9.17) is 0 Å². The molecule has 2 aliphatic heterocycles. The number of nitrogens with one attached hydrogen (secondary N) is 2. The molecule has 1 aromatic carbocycles. The lowest BCUT2D eigenvalue weighted by atomic mass is 10.0. The maximum Gasteiger partial charge on any atom is 0.254 e. The number of nitrogens with zero attached hydrogens (tertiary/aromatic N) is 4. The molecule has 3 heterocycles. The third kappa shape index (κ3) is 2.54. The third-order valence-electron chi connectivity index (χ3n) is 4.61. The summed E-state index contributed by atoms with van der Waals surface area (Å²) < 4.78 is 0. The minimum absolute atomic E-state index is 0.00210. The van der Waals surface area contributed by atoms with Crippen LogP contribution in [0.25, 0.3) is 11.4 Å². The maximum atomic E-state index is 13.0. The molecule has 2 amide bonds. The number of hydrogen-bond donors (Lipinski definition) is 2. The molecule has 0 bridgehead atoms. The van der Waals surface area contributed by atoms with Crippen LogP contribution in [0.5, 0.6) is 0 Å². The molecule has 2 fully saturated rings. The van der Waals surface area contributed by atoms with Gasteiger partial charge in [0.05, 0.1) is 5.56 Å². The van der Waals surface area contributed by atoms with Crippen molar-refractivity contribution in [1.29, 1.82) is 0 Å². The van der Waals surface area contributed by atoms with Gasteiger partial charge in [-0.05, 0) is 6.07 Å². The predicted molar refractivity (Wildman–Crippen MR) is 86.1 cm³/mol. The topological polar surface area (TPSA) is 94.2 Å². The highest BCUT2D eigenvalue weighted by molar-refractivity contribution is 6.00. The molecule has 2 aromatic rings. The fourth-order valence-electron chi connectivity index (χ4n) is 3.34. The molecule has 1 aromatic heterocycles. The largest absolute Gasteiger partial charge is 0.353 e. The second-order valence-electron chi connectivity index (χ2n) is 5.97. The Hall–Kier alpha value is -2.74. The van der Waals surface area contributed by atoms with Crippen LogP contribution in [-0.4, -0.2) is 75.6 Å². The predicted octanol–water partition coefficient (Wildman–Crippen LogP) is -0.272. The number of rotatable bonds is 2. The summed E-state index contributed by atoms with van der Waals surface area (Å²) in [5.41, 5.74) is 1.29. The Kier molecular flexibility index (Phi) is 3.73. The second-order valence-corrected chi connectivity index (χ2v) is 5.97. The monoisotopic (exact) mass is 326 g/mol. The Morgan fingerprint density at radius 1 is 1.21 bits per heavy atom. The lowest BCUT2D eigenvalue weighted by Gasteiger charge is -2.43. The number of carbonyl (C=O) groups excluding carboxylic acids is 2. The fourth-order valence-corrected chi connectivity index (χ4v) is 3.34. The summed E-state index contributed by atoms with van der Waals surface area (Å²) in [6.45, 7) is 3.27. The van der Waals surface area contributed by atoms with Crippen molar-refractivity contribution < 1.29 is 9.59 Å². The van der Waals surface area contributed by atoms with Gasteiger partial charge in [-0.2, -0.15) is 5.10 Å². The van der Waals surface area contributed by atoms with Gasteiger partial charge in [-0.1, -0.05) is 18.2 Å². The lowest BCUT2D eigenvalue weighted by molar-refractivity contribution is -0.131.